The van der Waals surface area contributed by atoms with Crippen molar-refractivity contribution >= 4 is 23.0 Å². The molecule has 104 valence electrons. The lowest BCUT2D eigenvalue weighted by Gasteiger charge is -2.10. The molecule has 0 spiro atoms. The second-order valence-electron chi connectivity index (χ2n) is 4.34. The summed E-state index contributed by atoms with van der Waals surface area (Å²) in [5, 5.41) is 14.3. The van der Waals surface area contributed by atoms with Gasteiger partial charge in [0, 0.05) is 17.6 Å². The smallest absolute Gasteiger partial charge is 0.292 e. The van der Waals surface area contributed by atoms with E-state index < -0.39 is 4.92 Å². The van der Waals surface area contributed by atoms with E-state index in [1.54, 1.807) is 13.0 Å². The van der Waals surface area contributed by atoms with Gasteiger partial charge in [-0.25, -0.2) is 4.39 Å². The first kappa shape index (κ1) is 14.3. The number of anilines is 1. The van der Waals surface area contributed by atoms with Crippen molar-refractivity contribution in [3.63, 3.8) is 0 Å². The number of benzene rings is 2. The van der Waals surface area contributed by atoms with E-state index in [0.29, 0.717) is 17.3 Å². The summed E-state index contributed by atoms with van der Waals surface area (Å²) < 4.78 is 13.0. The molecule has 0 radical (unpaired) electrons. The van der Waals surface area contributed by atoms with Crippen LogP contribution in [0.4, 0.5) is 15.8 Å². The van der Waals surface area contributed by atoms with Crippen LogP contribution in [-0.4, -0.2) is 4.92 Å². The summed E-state index contributed by atoms with van der Waals surface area (Å²) in [7, 11) is 0. The first-order valence-corrected chi connectivity index (χ1v) is 6.28. The van der Waals surface area contributed by atoms with Gasteiger partial charge in [-0.3, -0.25) is 10.1 Å². The van der Waals surface area contributed by atoms with Crippen molar-refractivity contribution in [3.8, 4) is 0 Å². The van der Waals surface area contributed by atoms with E-state index in [1.165, 1.54) is 30.3 Å². The molecule has 2 aromatic rings. The van der Waals surface area contributed by atoms with Crippen molar-refractivity contribution in [2.75, 3.05) is 5.32 Å². The fourth-order valence-corrected chi connectivity index (χ4v) is 2.03. The normalized spacial score (nSPS) is 10.3. The first-order chi connectivity index (χ1) is 9.47. The van der Waals surface area contributed by atoms with Gasteiger partial charge in [0.15, 0.2) is 0 Å². The molecule has 0 amide bonds. The van der Waals surface area contributed by atoms with Crippen LogP contribution in [0, 0.1) is 22.9 Å². The highest BCUT2D eigenvalue weighted by atomic mass is 35.5. The molecule has 0 aliphatic carbocycles. The fraction of sp³-hybridized carbons (Fsp3) is 0.143. The third-order valence-corrected chi connectivity index (χ3v) is 3.16. The molecule has 0 aliphatic rings. The van der Waals surface area contributed by atoms with Gasteiger partial charge in [0.1, 0.15) is 11.5 Å². The summed E-state index contributed by atoms with van der Waals surface area (Å²) in [5.74, 6) is -0.306. The van der Waals surface area contributed by atoms with Gasteiger partial charge in [-0.1, -0.05) is 17.7 Å². The summed E-state index contributed by atoms with van der Waals surface area (Å²) in [5.41, 5.74) is 1.93. The van der Waals surface area contributed by atoms with Crippen LogP contribution in [0.15, 0.2) is 36.4 Å². The predicted octanol–water partition coefficient (Wildman–Crippen LogP) is 4.31. The second-order valence-corrected chi connectivity index (χ2v) is 4.78. The van der Waals surface area contributed by atoms with Crippen molar-refractivity contribution in [2.45, 2.75) is 13.5 Å². The Morgan fingerprint density at radius 2 is 2.05 bits per heavy atom. The number of nitro groups is 1. The number of aryl methyl sites for hydroxylation is 1. The molecule has 0 atom stereocenters. The van der Waals surface area contributed by atoms with Crippen molar-refractivity contribution in [2.24, 2.45) is 0 Å². The third-order valence-electron chi connectivity index (χ3n) is 2.93. The van der Waals surface area contributed by atoms with Gasteiger partial charge < -0.3 is 5.32 Å². The molecule has 1 N–H and O–H groups in total. The zero-order chi connectivity index (χ0) is 14.7. The largest absolute Gasteiger partial charge is 0.375 e. The minimum Gasteiger partial charge on any atom is -0.375 e. The van der Waals surface area contributed by atoms with Crippen LogP contribution in [0.3, 0.4) is 0 Å². The highest BCUT2D eigenvalue weighted by Gasteiger charge is 2.13. The zero-order valence-electron chi connectivity index (χ0n) is 10.7. The Morgan fingerprint density at radius 1 is 1.30 bits per heavy atom. The molecule has 6 heteroatoms. The third kappa shape index (κ3) is 3.24. The van der Waals surface area contributed by atoms with E-state index in [4.69, 9.17) is 11.6 Å². The molecule has 2 rings (SSSR count). The number of nitro benzene ring substituents is 1. The molecule has 0 unspecified atom stereocenters. The highest BCUT2D eigenvalue weighted by molar-refractivity contribution is 6.31. The predicted molar refractivity (Wildman–Crippen MR) is 76.6 cm³/mol. The molecule has 0 aliphatic heterocycles. The quantitative estimate of drug-likeness (QED) is 0.675. The Labute approximate surface area is 120 Å². The number of rotatable bonds is 4. The van der Waals surface area contributed by atoms with Gasteiger partial charge in [-0.2, -0.15) is 0 Å². The standard InChI is InChI=1S/C14H12ClFN2O2/c1-9-6-12(16)4-2-10(9)8-17-13-7-11(15)3-5-14(13)18(19)20/h2-7,17H,8H2,1H3. The summed E-state index contributed by atoms with van der Waals surface area (Å²) in [6.07, 6.45) is 0. The Bertz CT molecular complexity index is 662. The average molecular weight is 295 g/mol. The van der Waals surface area contributed by atoms with Gasteiger partial charge >= 0.3 is 0 Å². The van der Waals surface area contributed by atoms with Crippen molar-refractivity contribution in [3.05, 3.63) is 68.5 Å². The maximum atomic E-state index is 13.0. The van der Waals surface area contributed by atoms with E-state index in [1.807, 2.05) is 0 Å². The van der Waals surface area contributed by atoms with E-state index in [0.717, 1.165) is 11.1 Å². The van der Waals surface area contributed by atoms with Gasteiger partial charge in [0.05, 0.1) is 4.92 Å². The van der Waals surface area contributed by atoms with Crippen LogP contribution in [0.2, 0.25) is 5.02 Å². The summed E-state index contributed by atoms with van der Waals surface area (Å²) in [6.45, 7) is 2.14. The zero-order valence-corrected chi connectivity index (χ0v) is 11.4. The molecule has 0 aromatic heterocycles. The summed E-state index contributed by atoms with van der Waals surface area (Å²) in [4.78, 5) is 10.5. The Morgan fingerprint density at radius 3 is 2.70 bits per heavy atom. The Kier molecular flexibility index (Phi) is 4.20. The van der Waals surface area contributed by atoms with Gasteiger partial charge in [-0.15, -0.1) is 0 Å². The molecule has 0 bridgehead atoms. The van der Waals surface area contributed by atoms with E-state index in [9.17, 15) is 14.5 Å². The maximum absolute atomic E-state index is 13.0. The molecule has 20 heavy (non-hydrogen) atoms. The minimum absolute atomic E-state index is 0.0471. The lowest BCUT2D eigenvalue weighted by Crippen LogP contribution is -2.04. The van der Waals surface area contributed by atoms with Crippen molar-refractivity contribution in [1.29, 1.82) is 0 Å². The molecule has 0 saturated carbocycles. The monoisotopic (exact) mass is 294 g/mol. The van der Waals surface area contributed by atoms with Crippen LogP contribution in [0.5, 0.6) is 0 Å². The number of nitrogens with one attached hydrogen (secondary N) is 1. The first-order valence-electron chi connectivity index (χ1n) is 5.90. The second kappa shape index (κ2) is 5.88. The molecule has 0 heterocycles. The minimum atomic E-state index is -0.476. The van der Waals surface area contributed by atoms with Crippen molar-refractivity contribution in [1.82, 2.24) is 0 Å². The van der Waals surface area contributed by atoms with E-state index in [-0.39, 0.29) is 11.5 Å². The van der Waals surface area contributed by atoms with Gasteiger partial charge in [0.25, 0.3) is 5.69 Å². The summed E-state index contributed by atoms with van der Waals surface area (Å²) in [6, 6.07) is 8.74. The molecule has 0 saturated heterocycles. The molecular formula is C14H12ClFN2O2. The lowest BCUT2D eigenvalue weighted by molar-refractivity contribution is -0.384. The molecular weight excluding hydrogens is 283 g/mol. The van der Waals surface area contributed by atoms with Crippen LogP contribution in [0.25, 0.3) is 0 Å². The Balaban J connectivity index is 2.22. The Hall–Kier alpha value is -2.14. The van der Waals surface area contributed by atoms with Gasteiger partial charge in [0.2, 0.25) is 0 Å². The van der Waals surface area contributed by atoms with Crippen molar-refractivity contribution < 1.29 is 9.31 Å². The van der Waals surface area contributed by atoms with E-state index in [2.05, 4.69) is 5.32 Å². The maximum Gasteiger partial charge on any atom is 0.292 e. The highest BCUT2D eigenvalue weighted by Crippen LogP contribution is 2.28. The fourth-order valence-electron chi connectivity index (χ4n) is 1.86. The van der Waals surface area contributed by atoms with Crippen LogP contribution >= 0.6 is 11.6 Å². The molecule has 2 aromatic carbocycles. The van der Waals surface area contributed by atoms with Crippen LogP contribution in [0.1, 0.15) is 11.1 Å². The van der Waals surface area contributed by atoms with Crippen LogP contribution < -0.4 is 5.32 Å². The lowest BCUT2D eigenvalue weighted by atomic mass is 10.1. The SMILES string of the molecule is Cc1cc(F)ccc1CNc1cc(Cl)ccc1[N+](=O)[O-]. The molecule has 0 fully saturated rings. The van der Waals surface area contributed by atoms with Gasteiger partial charge in [-0.05, 0) is 42.3 Å². The van der Waals surface area contributed by atoms with Crippen LogP contribution in [-0.2, 0) is 6.54 Å². The number of hydrogen-bond donors (Lipinski definition) is 1. The number of nitrogens with zero attached hydrogens (tertiary/aromatic N) is 1. The van der Waals surface area contributed by atoms with E-state index >= 15 is 0 Å². The summed E-state index contributed by atoms with van der Waals surface area (Å²) >= 11 is 5.84. The number of halogens is 2. The topological polar surface area (TPSA) is 55.2 Å². The average Bonchev–Trinajstić information content (AvgIpc) is 2.37. The number of hydrogen-bond acceptors (Lipinski definition) is 3. The molecule has 4 nitrogen and oxygen atoms in total.